The molecule has 9 heteroatoms. The van der Waals surface area contributed by atoms with Crippen molar-refractivity contribution in [3.05, 3.63) is 57.6 Å². The topological polar surface area (TPSA) is 85.6 Å². The van der Waals surface area contributed by atoms with E-state index >= 15 is 0 Å². The summed E-state index contributed by atoms with van der Waals surface area (Å²) in [7, 11) is 0. The molecule has 1 N–H and O–H groups in total. The number of nitrogens with zero attached hydrogens (tertiary/aromatic N) is 5. The van der Waals surface area contributed by atoms with Gasteiger partial charge in [-0.3, -0.25) is 4.79 Å². The highest BCUT2D eigenvalue weighted by Crippen LogP contribution is 2.25. The van der Waals surface area contributed by atoms with Crippen LogP contribution in [0.3, 0.4) is 0 Å². The van der Waals surface area contributed by atoms with Crippen LogP contribution in [0.25, 0.3) is 5.69 Å². The van der Waals surface area contributed by atoms with Crippen LogP contribution in [0.15, 0.2) is 40.0 Å². The number of halogens is 1. The molecule has 31 heavy (non-hydrogen) atoms. The molecule has 3 aromatic rings. The molecule has 0 atom stereocenters. The quantitative estimate of drug-likeness (QED) is 0.386. The van der Waals surface area contributed by atoms with Gasteiger partial charge in [-0.1, -0.05) is 52.2 Å². The zero-order valence-electron chi connectivity index (χ0n) is 17.6. The molecule has 1 saturated carbocycles. The first-order valence-corrected chi connectivity index (χ1v) is 12.2. The molecule has 0 radical (unpaired) electrons. The third-order valence-electron chi connectivity index (χ3n) is 5.29. The number of rotatable bonds is 6. The maximum absolute atomic E-state index is 13.1. The molecule has 2 aromatic heterocycles. The largest absolute Gasteiger partial charge is 0.348 e. The van der Waals surface area contributed by atoms with Crippen molar-refractivity contribution in [2.24, 2.45) is 0 Å². The first kappa shape index (κ1) is 22.0. The SMILES string of the molecule is Cc1cc(C)nc(SCc2c(C(=O)NC3CCCCC3)nnn2-c2ccc(Br)cc2)n1. The monoisotopic (exact) mass is 500 g/mol. The van der Waals surface area contributed by atoms with E-state index in [2.05, 4.69) is 41.5 Å². The number of amides is 1. The van der Waals surface area contributed by atoms with Crippen molar-refractivity contribution < 1.29 is 4.79 Å². The minimum atomic E-state index is -0.160. The lowest BCUT2D eigenvalue weighted by Crippen LogP contribution is -2.36. The van der Waals surface area contributed by atoms with Crippen LogP contribution in [0.1, 0.15) is 59.7 Å². The van der Waals surface area contributed by atoms with Gasteiger partial charge in [0.1, 0.15) is 0 Å². The van der Waals surface area contributed by atoms with E-state index in [-0.39, 0.29) is 11.9 Å². The number of nitrogens with one attached hydrogen (secondary N) is 1. The Morgan fingerprint density at radius 1 is 1.13 bits per heavy atom. The van der Waals surface area contributed by atoms with Crippen LogP contribution in [0.5, 0.6) is 0 Å². The number of carbonyl (C=O) groups excluding carboxylic acids is 1. The molecular weight excluding hydrogens is 476 g/mol. The molecule has 1 aromatic carbocycles. The predicted molar refractivity (Wildman–Crippen MR) is 124 cm³/mol. The van der Waals surface area contributed by atoms with Crippen molar-refractivity contribution in [2.45, 2.75) is 62.9 Å². The number of carbonyl (C=O) groups is 1. The van der Waals surface area contributed by atoms with Crippen LogP contribution in [-0.2, 0) is 5.75 Å². The Morgan fingerprint density at radius 3 is 2.48 bits per heavy atom. The second-order valence-electron chi connectivity index (χ2n) is 7.80. The molecule has 0 spiro atoms. The highest BCUT2D eigenvalue weighted by molar-refractivity contribution is 9.10. The molecule has 1 aliphatic rings. The summed E-state index contributed by atoms with van der Waals surface area (Å²) in [4.78, 5) is 22.1. The molecule has 1 aliphatic carbocycles. The molecule has 0 saturated heterocycles. The highest BCUT2D eigenvalue weighted by atomic mass is 79.9. The number of hydrogen-bond donors (Lipinski definition) is 1. The molecule has 1 amide bonds. The van der Waals surface area contributed by atoms with E-state index in [4.69, 9.17) is 0 Å². The summed E-state index contributed by atoms with van der Waals surface area (Å²) in [6.45, 7) is 3.91. The molecule has 0 aliphatic heterocycles. The number of thioether (sulfide) groups is 1. The van der Waals surface area contributed by atoms with Crippen LogP contribution in [0, 0.1) is 13.8 Å². The maximum atomic E-state index is 13.1. The average molecular weight is 501 g/mol. The van der Waals surface area contributed by atoms with E-state index in [0.29, 0.717) is 16.6 Å². The molecule has 0 unspecified atom stereocenters. The maximum Gasteiger partial charge on any atom is 0.274 e. The normalized spacial score (nSPS) is 14.5. The van der Waals surface area contributed by atoms with Gasteiger partial charge in [0, 0.05) is 27.7 Å². The summed E-state index contributed by atoms with van der Waals surface area (Å²) >= 11 is 4.95. The lowest BCUT2D eigenvalue weighted by atomic mass is 9.95. The molecule has 7 nitrogen and oxygen atoms in total. The lowest BCUT2D eigenvalue weighted by molar-refractivity contribution is 0.0922. The smallest absolute Gasteiger partial charge is 0.274 e. The molecule has 4 rings (SSSR count). The fourth-order valence-corrected chi connectivity index (χ4v) is 5.00. The van der Waals surface area contributed by atoms with Crippen molar-refractivity contribution in [3.63, 3.8) is 0 Å². The van der Waals surface area contributed by atoms with Gasteiger partial charge in [-0.15, -0.1) is 5.10 Å². The highest BCUT2D eigenvalue weighted by Gasteiger charge is 2.24. The van der Waals surface area contributed by atoms with Crippen LogP contribution >= 0.6 is 27.7 Å². The van der Waals surface area contributed by atoms with Gasteiger partial charge in [0.25, 0.3) is 5.91 Å². The van der Waals surface area contributed by atoms with Crippen LogP contribution in [-0.4, -0.2) is 36.9 Å². The van der Waals surface area contributed by atoms with Gasteiger partial charge in [0.05, 0.1) is 11.4 Å². The summed E-state index contributed by atoms with van der Waals surface area (Å²) in [5.74, 6) is 0.325. The van der Waals surface area contributed by atoms with Crippen LogP contribution in [0.4, 0.5) is 0 Å². The van der Waals surface area contributed by atoms with E-state index in [1.807, 2.05) is 44.2 Å². The lowest BCUT2D eigenvalue weighted by Gasteiger charge is -2.22. The molecular formula is C22H25BrN6OS. The van der Waals surface area contributed by atoms with E-state index in [9.17, 15) is 4.79 Å². The minimum absolute atomic E-state index is 0.160. The van der Waals surface area contributed by atoms with Crippen molar-refractivity contribution in [2.75, 3.05) is 0 Å². The summed E-state index contributed by atoms with van der Waals surface area (Å²) in [5, 5.41) is 12.4. The Balaban J connectivity index is 1.62. The minimum Gasteiger partial charge on any atom is -0.348 e. The van der Waals surface area contributed by atoms with Crippen molar-refractivity contribution in [3.8, 4) is 5.69 Å². The molecule has 162 valence electrons. The summed E-state index contributed by atoms with van der Waals surface area (Å²) in [5.41, 5.74) is 3.80. The van der Waals surface area contributed by atoms with Gasteiger partial charge in [-0.25, -0.2) is 14.6 Å². The van der Waals surface area contributed by atoms with Gasteiger partial charge < -0.3 is 5.32 Å². The number of hydrogen-bond acceptors (Lipinski definition) is 6. The Hall–Kier alpha value is -2.26. The summed E-state index contributed by atoms with van der Waals surface area (Å²) < 4.78 is 2.71. The third kappa shape index (κ3) is 5.51. The predicted octanol–water partition coefficient (Wildman–Crippen LogP) is 4.79. The van der Waals surface area contributed by atoms with Crippen molar-refractivity contribution in [1.82, 2.24) is 30.3 Å². The van der Waals surface area contributed by atoms with Gasteiger partial charge >= 0.3 is 0 Å². The Labute approximate surface area is 194 Å². The standard InChI is InChI=1S/C22H25BrN6OS/c1-14-12-15(2)25-22(24-14)31-13-19-20(21(30)26-17-6-4-3-5-7-17)27-28-29(19)18-10-8-16(23)9-11-18/h8-12,17H,3-7,13H2,1-2H3,(H,26,30). The third-order valence-corrected chi connectivity index (χ3v) is 6.68. The first-order valence-electron chi connectivity index (χ1n) is 10.5. The van der Waals surface area contributed by atoms with Gasteiger partial charge in [-0.05, 0) is 57.0 Å². The van der Waals surface area contributed by atoms with E-state index < -0.39 is 0 Å². The van der Waals surface area contributed by atoms with E-state index in [1.54, 1.807) is 4.68 Å². The second kappa shape index (κ2) is 9.91. The van der Waals surface area contributed by atoms with Gasteiger partial charge in [0.15, 0.2) is 10.9 Å². The van der Waals surface area contributed by atoms with E-state index in [1.165, 1.54) is 18.2 Å². The summed E-state index contributed by atoms with van der Waals surface area (Å²) in [6, 6.07) is 9.94. The zero-order valence-corrected chi connectivity index (χ0v) is 20.0. The first-order chi connectivity index (χ1) is 15.0. The van der Waals surface area contributed by atoms with Gasteiger partial charge in [0.2, 0.25) is 0 Å². The molecule has 0 bridgehead atoms. The number of aromatic nitrogens is 5. The Bertz CT molecular complexity index is 1040. The van der Waals surface area contributed by atoms with Crippen molar-refractivity contribution in [1.29, 1.82) is 0 Å². The fraction of sp³-hybridized carbons (Fsp3) is 0.409. The zero-order chi connectivity index (χ0) is 21.8. The van der Waals surface area contributed by atoms with Crippen LogP contribution < -0.4 is 5.32 Å². The molecule has 1 fully saturated rings. The fourth-order valence-electron chi connectivity index (χ4n) is 3.79. The van der Waals surface area contributed by atoms with E-state index in [0.717, 1.165) is 52.9 Å². The average Bonchev–Trinajstić information content (AvgIpc) is 3.17. The number of benzene rings is 1. The van der Waals surface area contributed by atoms with Gasteiger partial charge in [-0.2, -0.15) is 0 Å². The van der Waals surface area contributed by atoms with Crippen LogP contribution in [0.2, 0.25) is 0 Å². The van der Waals surface area contributed by atoms with Crippen molar-refractivity contribution >= 4 is 33.6 Å². The Morgan fingerprint density at radius 2 is 1.81 bits per heavy atom. The summed E-state index contributed by atoms with van der Waals surface area (Å²) in [6.07, 6.45) is 5.59. The molecule has 2 heterocycles. The number of aryl methyl sites for hydroxylation is 2. The Kier molecular flexibility index (Phi) is 7.02. The second-order valence-corrected chi connectivity index (χ2v) is 9.66.